The highest BCUT2D eigenvalue weighted by Gasteiger charge is 2.12. The third kappa shape index (κ3) is 4.23. The first-order valence-corrected chi connectivity index (χ1v) is 8.57. The van der Waals surface area contributed by atoms with Gasteiger partial charge >= 0.3 is 0 Å². The largest absolute Gasteiger partial charge is 0.352 e. The average molecular weight is 311 g/mol. The fourth-order valence-corrected chi connectivity index (χ4v) is 3.17. The van der Waals surface area contributed by atoms with Crippen LogP contribution in [0.15, 0.2) is 48.8 Å². The molecule has 3 rings (SSSR count). The quantitative estimate of drug-likeness (QED) is 0.833. The Morgan fingerprint density at radius 2 is 1.74 bits per heavy atom. The number of benzene rings is 1. The summed E-state index contributed by atoms with van der Waals surface area (Å²) in [6.45, 7) is 4.24. The first kappa shape index (κ1) is 15.8. The Labute approximate surface area is 138 Å². The van der Waals surface area contributed by atoms with E-state index in [1.165, 1.54) is 32.4 Å². The number of nitrogens with zero attached hydrogens (tertiary/aromatic N) is 2. The van der Waals surface area contributed by atoms with Gasteiger partial charge in [-0.2, -0.15) is 0 Å². The number of para-hydroxylation sites is 1. The van der Waals surface area contributed by atoms with Gasteiger partial charge < -0.3 is 14.8 Å². The van der Waals surface area contributed by atoms with E-state index >= 15 is 0 Å². The normalized spacial score (nSPS) is 15.5. The smallest absolute Gasteiger partial charge is 0.253 e. The first-order valence-electron chi connectivity index (χ1n) is 8.57. The van der Waals surface area contributed by atoms with Crippen molar-refractivity contribution in [1.29, 1.82) is 0 Å². The van der Waals surface area contributed by atoms with Crippen LogP contribution in [0.4, 0.5) is 0 Å². The van der Waals surface area contributed by atoms with Crippen molar-refractivity contribution in [2.24, 2.45) is 0 Å². The van der Waals surface area contributed by atoms with Crippen LogP contribution in [0.5, 0.6) is 0 Å². The molecule has 0 bridgehead atoms. The zero-order chi connectivity index (χ0) is 15.9. The van der Waals surface area contributed by atoms with Crippen molar-refractivity contribution in [2.45, 2.75) is 25.7 Å². The summed E-state index contributed by atoms with van der Waals surface area (Å²) >= 11 is 0. The molecule has 0 radical (unpaired) electrons. The number of likely N-dealkylation sites (tertiary alicyclic amines) is 1. The van der Waals surface area contributed by atoms with Gasteiger partial charge in [-0.1, -0.05) is 18.6 Å². The van der Waals surface area contributed by atoms with Gasteiger partial charge in [0.15, 0.2) is 0 Å². The van der Waals surface area contributed by atoms with Crippen molar-refractivity contribution in [3.05, 3.63) is 54.4 Å². The van der Waals surface area contributed by atoms with E-state index in [0.29, 0.717) is 0 Å². The number of rotatable bonds is 6. The number of hydrogen-bond acceptors (Lipinski definition) is 2. The lowest BCUT2D eigenvalue weighted by atomic mass is 10.1. The van der Waals surface area contributed by atoms with Crippen LogP contribution in [-0.4, -0.2) is 41.6 Å². The van der Waals surface area contributed by atoms with Gasteiger partial charge in [-0.25, -0.2) is 0 Å². The van der Waals surface area contributed by atoms with Crippen molar-refractivity contribution in [3.8, 4) is 5.69 Å². The number of carbonyl (C=O) groups is 1. The maximum Gasteiger partial charge on any atom is 0.253 e. The molecule has 0 unspecified atom stereocenters. The molecule has 0 saturated carbocycles. The van der Waals surface area contributed by atoms with E-state index in [1.807, 2.05) is 53.4 Å². The standard InChI is InChI=1S/C19H25N3O/c23-19(20-11-8-14-21-12-4-1-5-13-21)17-9-2-3-10-18(17)22-15-6-7-16-22/h2-3,6-7,9-10,15-16H,1,4-5,8,11-14H2,(H,20,23). The van der Waals surface area contributed by atoms with Gasteiger partial charge in [-0.05, 0) is 63.2 Å². The highest BCUT2D eigenvalue weighted by Crippen LogP contribution is 2.14. The Hall–Kier alpha value is -2.07. The maximum atomic E-state index is 12.5. The summed E-state index contributed by atoms with van der Waals surface area (Å²) in [6, 6.07) is 11.7. The van der Waals surface area contributed by atoms with E-state index in [0.717, 1.165) is 30.8 Å². The van der Waals surface area contributed by atoms with Crippen LogP contribution in [0.3, 0.4) is 0 Å². The Morgan fingerprint density at radius 1 is 1.00 bits per heavy atom. The van der Waals surface area contributed by atoms with Gasteiger partial charge in [-0.3, -0.25) is 4.79 Å². The topological polar surface area (TPSA) is 37.3 Å². The van der Waals surface area contributed by atoms with E-state index in [4.69, 9.17) is 0 Å². The summed E-state index contributed by atoms with van der Waals surface area (Å²) < 4.78 is 1.97. The molecule has 4 heteroatoms. The zero-order valence-corrected chi connectivity index (χ0v) is 13.6. The summed E-state index contributed by atoms with van der Waals surface area (Å²) in [5.41, 5.74) is 1.65. The summed E-state index contributed by atoms with van der Waals surface area (Å²) in [5.74, 6) is 0.00736. The molecule has 23 heavy (non-hydrogen) atoms. The molecule has 0 atom stereocenters. The Balaban J connectivity index is 1.52. The second-order valence-electron chi connectivity index (χ2n) is 6.12. The van der Waals surface area contributed by atoms with Gasteiger partial charge in [0.2, 0.25) is 0 Å². The van der Waals surface area contributed by atoms with Crippen LogP contribution in [0.1, 0.15) is 36.0 Å². The molecule has 2 heterocycles. The second-order valence-corrected chi connectivity index (χ2v) is 6.12. The molecule has 1 aromatic heterocycles. The lowest BCUT2D eigenvalue weighted by molar-refractivity contribution is 0.0951. The minimum Gasteiger partial charge on any atom is -0.352 e. The molecule has 1 aliphatic heterocycles. The van der Waals surface area contributed by atoms with Crippen LogP contribution in [-0.2, 0) is 0 Å². The average Bonchev–Trinajstić information content (AvgIpc) is 3.14. The molecule has 2 aromatic rings. The third-order valence-corrected chi connectivity index (χ3v) is 4.42. The highest BCUT2D eigenvalue weighted by atomic mass is 16.1. The Kier molecular flexibility index (Phi) is 5.48. The highest BCUT2D eigenvalue weighted by molar-refractivity contribution is 5.97. The van der Waals surface area contributed by atoms with Crippen molar-refractivity contribution < 1.29 is 4.79 Å². The van der Waals surface area contributed by atoms with Crippen molar-refractivity contribution in [1.82, 2.24) is 14.8 Å². The molecule has 4 nitrogen and oxygen atoms in total. The third-order valence-electron chi connectivity index (χ3n) is 4.42. The maximum absolute atomic E-state index is 12.5. The molecular weight excluding hydrogens is 286 g/mol. The Morgan fingerprint density at radius 3 is 2.52 bits per heavy atom. The summed E-state index contributed by atoms with van der Waals surface area (Å²) in [5, 5.41) is 3.06. The predicted octanol–water partition coefficient (Wildman–Crippen LogP) is 3.08. The number of hydrogen-bond donors (Lipinski definition) is 1. The molecule has 0 aliphatic carbocycles. The fourth-order valence-electron chi connectivity index (χ4n) is 3.17. The minimum atomic E-state index is 0.00736. The number of aromatic nitrogens is 1. The van der Waals surface area contributed by atoms with Crippen molar-refractivity contribution in [2.75, 3.05) is 26.2 Å². The lowest BCUT2D eigenvalue weighted by Crippen LogP contribution is -2.33. The van der Waals surface area contributed by atoms with Gasteiger partial charge in [0.1, 0.15) is 0 Å². The van der Waals surface area contributed by atoms with Gasteiger partial charge in [0, 0.05) is 18.9 Å². The number of carbonyl (C=O) groups excluding carboxylic acids is 1. The van der Waals surface area contributed by atoms with E-state index < -0.39 is 0 Å². The minimum absolute atomic E-state index is 0.00736. The van der Waals surface area contributed by atoms with Crippen molar-refractivity contribution >= 4 is 5.91 Å². The molecule has 122 valence electrons. The Bertz CT molecular complexity index is 615. The van der Waals surface area contributed by atoms with Crippen LogP contribution in [0, 0.1) is 0 Å². The molecule has 1 saturated heterocycles. The van der Waals surface area contributed by atoms with E-state index in [9.17, 15) is 4.79 Å². The summed E-state index contributed by atoms with van der Waals surface area (Å²) in [7, 11) is 0. The monoisotopic (exact) mass is 311 g/mol. The molecule has 1 N–H and O–H groups in total. The molecule has 1 aromatic carbocycles. The van der Waals surface area contributed by atoms with Crippen molar-refractivity contribution in [3.63, 3.8) is 0 Å². The molecule has 1 fully saturated rings. The van der Waals surface area contributed by atoms with Crippen LogP contribution < -0.4 is 5.32 Å². The zero-order valence-electron chi connectivity index (χ0n) is 13.6. The van der Waals surface area contributed by atoms with E-state index in [1.54, 1.807) is 0 Å². The van der Waals surface area contributed by atoms with Crippen LogP contribution >= 0.6 is 0 Å². The molecule has 1 aliphatic rings. The second kappa shape index (κ2) is 7.97. The lowest BCUT2D eigenvalue weighted by Gasteiger charge is -2.26. The SMILES string of the molecule is O=C(NCCCN1CCCCC1)c1ccccc1-n1cccc1. The number of piperidine rings is 1. The van der Waals surface area contributed by atoms with E-state index in [2.05, 4.69) is 10.2 Å². The summed E-state index contributed by atoms with van der Waals surface area (Å²) in [4.78, 5) is 15.0. The van der Waals surface area contributed by atoms with Gasteiger partial charge in [-0.15, -0.1) is 0 Å². The number of amides is 1. The van der Waals surface area contributed by atoms with Crippen LogP contribution in [0.2, 0.25) is 0 Å². The van der Waals surface area contributed by atoms with Gasteiger partial charge in [0.25, 0.3) is 5.91 Å². The predicted molar refractivity (Wildman–Crippen MR) is 93.0 cm³/mol. The van der Waals surface area contributed by atoms with Crippen LogP contribution in [0.25, 0.3) is 5.69 Å². The number of nitrogens with one attached hydrogen (secondary N) is 1. The molecule has 0 spiro atoms. The molecular formula is C19H25N3O. The first-order chi connectivity index (χ1) is 11.3. The molecule has 1 amide bonds. The van der Waals surface area contributed by atoms with E-state index in [-0.39, 0.29) is 5.91 Å². The van der Waals surface area contributed by atoms with Gasteiger partial charge in [0.05, 0.1) is 11.3 Å². The fraction of sp³-hybridized carbons (Fsp3) is 0.421. The summed E-state index contributed by atoms with van der Waals surface area (Å²) in [6.07, 6.45) is 8.93.